The highest BCUT2D eigenvalue weighted by Crippen LogP contribution is 2.31. The van der Waals surface area contributed by atoms with Gasteiger partial charge in [0.15, 0.2) is 0 Å². The summed E-state index contributed by atoms with van der Waals surface area (Å²) in [5.41, 5.74) is 21.0. The van der Waals surface area contributed by atoms with Crippen molar-refractivity contribution in [1.82, 2.24) is 49.4 Å². The molecule has 10 heterocycles. The molecule has 0 fully saturated rings. The number of rotatable bonds is 12. The smallest absolute Gasteiger partial charge is 0.125 e. The van der Waals surface area contributed by atoms with Gasteiger partial charge in [-0.25, -0.2) is 24.9 Å². The van der Waals surface area contributed by atoms with E-state index in [9.17, 15) is 0 Å². The van der Waals surface area contributed by atoms with Crippen LogP contribution in [0.15, 0.2) is 198 Å². The Labute approximate surface area is 607 Å². The summed E-state index contributed by atoms with van der Waals surface area (Å²) in [4.78, 5) is 49.5. The number of benzene rings is 2. The predicted molar refractivity (Wildman–Crippen MR) is 433 cm³/mol. The molecule has 3 aliphatic heterocycles. The lowest BCUT2D eigenvalue weighted by Crippen LogP contribution is -2.09. The van der Waals surface area contributed by atoms with Gasteiger partial charge in [-0.3, -0.25) is 34.9 Å². The largest absolute Gasteiger partial charge is 0.335 e. The quantitative estimate of drug-likeness (QED) is 0.116. The molecule has 542 valence electrons. The summed E-state index contributed by atoms with van der Waals surface area (Å²) in [6, 6.07) is 35.9. The van der Waals surface area contributed by atoms with Gasteiger partial charge in [0.25, 0.3) is 0 Å². The van der Waals surface area contributed by atoms with Crippen molar-refractivity contribution in [2.24, 2.45) is 32.7 Å². The Balaban J connectivity index is 0.00000109. The molecule has 7 aromatic heterocycles. The molecule has 0 saturated carbocycles. The molecule has 0 amide bonds. The fraction of sp³-hybridized carbons (Fsp3) is 0.448. The molecule has 12 rings (SSSR count). The number of fused-ring (bicyclic) bond motifs is 2. The first kappa shape index (κ1) is 91.2. The number of nitrogens with zero attached hydrogens (tertiary/aromatic N) is 13. The summed E-state index contributed by atoms with van der Waals surface area (Å²) in [5, 5.41) is 0. The van der Waals surface area contributed by atoms with E-state index in [2.05, 4.69) is 216 Å². The first-order chi connectivity index (χ1) is 46.5. The van der Waals surface area contributed by atoms with Crippen LogP contribution in [0.3, 0.4) is 0 Å². The maximum atomic E-state index is 4.70. The fourth-order valence-electron chi connectivity index (χ4n) is 9.44. The minimum atomic E-state index is 0. The van der Waals surface area contributed by atoms with Crippen LogP contribution in [0.1, 0.15) is 241 Å². The zero-order valence-corrected chi connectivity index (χ0v) is 63.0. The van der Waals surface area contributed by atoms with Crippen LogP contribution >= 0.6 is 0 Å². The van der Waals surface area contributed by atoms with E-state index in [1.54, 1.807) is 6.33 Å². The molecule has 3 aliphatic rings. The number of imidazole rings is 1. The Kier molecular flexibility index (Phi) is 47.6. The molecule has 13 heteroatoms. The maximum absolute atomic E-state index is 4.70. The van der Waals surface area contributed by atoms with Gasteiger partial charge in [0.1, 0.15) is 12.2 Å². The zero-order valence-electron chi connectivity index (χ0n) is 63.0. The molecule has 13 nitrogen and oxygen atoms in total. The van der Waals surface area contributed by atoms with Crippen molar-refractivity contribution in [3.8, 4) is 0 Å². The van der Waals surface area contributed by atoms with E-state index < -0.39 is 0 Å². The van der Waals surface area contributed by atoms with Crippen molar-refractivity contribution in [3.63, 3.8) is 0 Å². The summed E-state index contributed by atoms with van der Waals surface area (Å²) in [6.07, 6.45) is 34.4. The number of para-hydroxylation sites is 1. The predicted octanol–water partition coefficient (Wildman–Crippen LogP) is 24.0. The molecule has 100 heavy (non-hydrogen) atoms. The SMILES string of the molecule is C.C.C.CCC(C)C1=CN=CC1.CCC(C)C1=Nc2cc(C)ccc2C1.CCC(C)C1=Nc2ccccc2C1.CCC(C)c1ccccn1.CCC(C)c1ccncc1.CCC(C)n1ccnc1.Cc1cc(C)ncn1.Cc1cccc(C)n1.Cc1cnc(C)nc1.Cc1cncc(C)c1. The summed E-state index contributed by atoms with van der Waals surface area (Å²) in [5.74, 6) is 4.09. The van der Waals surface area contributed by atoms with Crippen LogP contribution in [0, 0.1) is 80.1 Å². The lowest BCUT2D eigenvalue weighted by atomic mass is 9.98. The number of pyridine rings is 4. The van der Waals surface area contributed by atoms with E-state index >= 15 is 0 Å². The summed E-state index contributed by atoms with van der Waals surface area (Å²) in [6.45, 7) is 44.5. The van der Waals surface area contributed by atoms with Gasteiger partial charge in [-0.2, -0.15) is 0 Å². The third kappa shape index (κ3) is 36.8. The van der Waals surface area contributed by atoms with E-state index in [0.717, 1.165) is 72.2 Å². The normalized spacial score (nSPS) is 13.0. The van der Waals surface area contributed by atoms with Crippen molar-refractivity contribution in [2.75, 3.05) is 0 Å². The topological polar surface area (TPSA) is 158 Å². The number of hydrogen-bond acceptors (Lipinski definition) is 12. The fourth-order valence-corrected chi connectivity index (χ4v) is 9.44. The molecule has 0 saturated heterocycles. The van der Waals surface area contributed by atoms with Crippen LogP contribution in [0.5, 0.6) is 0 Å². The van der Waals surface area contributed by atoms with Crippen LogP contribution < -0.4 is 0 Å². The van der Waals surface area contributed by atoms with Crippen molar-refractivity contribution in [1.29, 1.82) is 0 Å². The Hall–Kier alpha value is -8.84. The molecule has 9 aromatic rings. The summed E-state index contributed by atoms with van der Waals surface area (Å²) >= 11 is 0. The maximum Gasteiger partial charge on any atom is 0.125 e. The van der Waals surface area contributed by atoms with Crippen LogP contribution in [0.4, 0.5) is 11.4 Å². The third-order valence-corrected chi connectivity index (χ3v) is 17.0. The average Bonchev–Trinajstić information content (AvgIpc) is 1.69. The Morgan fingerprint density at radius 1 is 0.420 bits per heavy atom. The summed E-state index contributed by atoms with van der Waals surface area (Å²) < 4.78 is 2.11. The minimum Gasteiger partial charge on any atom is -0.335 e. The molecule has 0 N–H and O–H groups in total. The summed E-state index contributed by atoms with van der Waals surface area (Å²) in [7, 11) is 0. The molecular weight excluding hydrogens is 1230 g/mol. The van der Waals surface area contributed by atoms with E-state index in [-0.39, 0.29) is 22.3 Å². The number of aliphatic imine (C=N–C) groups is 3. The van der Waals surface area contributed by atoms with Crippen LogP contribution in [-0.4, -0.2) is 67.1 Å². The van der Waals surface area contributed by atoms with Crippen molar-refractivity contribution in [3.05, 3.63) is 257 Å². The second-order valence-electron chi connectivity index (χ2n) is 25.5. The lowest BCUT2D eigenvalue weighted by molar-refractivity contribution is 0.530. The highest BCUT2D eigenvalue weighted by Gasteiger charge is 2.19. The molecule has 0 bridgehead atoms. The van der Waals surface area contributed by atoms with Crippen molar-refractivity contribution in [2.45, 2.75) is 243 Å². The van der Waals surface area contributed by atoms with Crippen LogP contribution in [-0.2, 0) is 12.8 Å². The molecule has 0 spiro atoms. The zero-order chi connectivity index (χ0) is 71.5. The molecule has 6 unspecified atom stereocenters. The second kappa shape index (κ2) is 52.2. The van der Waals surface area contributed by atoms with Crippen molar-refractivity contribution >= 4 is 29.0 Å². The van der Waals surface area contributed by atoms with Gasteiger partial charge in [0, 0.05) is 133 Å². The molecule has 0 radical (unpaired) electrons. The minimum absolute atomic E-state index is 0. The van der Waals surface area contributed by atoms with E-state index in [1.807, 2.05) is 166 Å². The first-order valence-corrected chi connectivity index (χ1v) is 35.1. The Bertz CT molecular complexity index is 3470. The molecule has 6 atom stereocenters. The van der Waals surface area contributed by atoms with Gasteiger partial charge in [-0.15, -0.1) is 0 Å². The monoisotopic (exact) mass is 1360 g/mol. The lowest BCUT2D eigenvalue weighted by Gasteiger charge is -2.07. The molecule has 2 aromatic carbocycles. The Morgan fingerprint density at radius 2 is 0.970 bits per heavy atom. The van der Waals surface area contributed by atoms with Gasteiger partial charge < -0.3 is 4.57 Å². The molecular formula is C87H129N13. The van der Waals surface area contributed by atoms with E-state index in [0.29, 0.717) is 29.7 Å². The highest BCUT2D eigenvalue weighted by atomic mass is 15.0. The molecule has 0 aliphatic carbocycles. The number of aryl methyl sites for hydroxylation is 9. The van der Waals surface area contributed by atoms with Gasteiger partial charge in [-0.05, 0) is 236 Å². The van der Waals surface area contributed by atoms with Gasteiger partial charge in [0.2, 0.25) is 0 Å². The van der Waals surface area contributed by atoms with Gasteiger partial charge in [-0.1, -0.05) is 147 Å². The van der Waals surface area contributed by atoms with Gasteiger partial charge >= 0.3 is 0 Å². The number of aromatic nitrogens is 10. The van der Waals surface area contributed by atoms with E-state index in [4.69, 9.17) is 4.99 Å². The van der Waals surface area contributed by atoms with Gasteiger partial charge in [0.05, 0.1) is 17.7 Å². The Morgan fingerprint density at radius 3 is 1.40 bits per heavy atom. The first-order valence-electron chi connectivity index (χ1n) is 35.1. The van der Waals surface area contributed by atoms with Crippen LogP contribution in [0.25, 0.3) is 0 Å². The van der Waals surface area contributed by atoms with E-state index in [1.165, 1.54) is 93.1 Å². The number of allylic oxidation sites excluding steroid dienone is 1. The third-order valence-electron chi connectivity index (χ3n) is 17.0. The van der Waals surface area contributed by atoms with Crippen molar-refractivity contribution < 1.29 is 0 Å². The second-order valence-corrected chi connectivity index (χ2v) is 25.5. The number of hydrogen-bond donors (Lipinski definition) is 0. The average molecular weight is 1360 g/mol. The highest BCUT2D eigenvalue weighted by molar-refractivity contribution is 5.96. The van der Waals surface area contributed by atoms with Crippen LogP contribution in [0.2, 0.25) is 0 Å². The standard InChI is InChI=1S/C13H17N.C12H15N.2C9H13N.C8H13N.C7H12N2.2C7H9N.2C6H8N2.3CH4/c1-4-10(3)12-8-11-6-5-9(2)7-13(11)14-12;1-3-9(2)12-8-10-6-4-5-7-11(10)13-12;1-3-8(2)9-4-6-10-7-5-9;1-3-8(2)9-6-4-5-7-10-9;1-3-7(2)8-4-5-9-6-8;1-3-7(2)9-5-4-8-6-9;1-6-3-7(2)5-8-4-6;1-6-4-3-5-7(2)8-6;1-5-3-6(2)8-4-7-5;1-5-3-7-6(2)8-4-5;;;/h5-7,10H,4,8H2,1-3H3;4-7,9H,3,8H2,1-2H3;2*4-8H,3H2,1-2H3;5-7H,3-4H2,1-2H3;4-7H,3H2,1-2H3;2*3-5H,1-2H3;2*3-4H,1-2H3;3*1H4.